The molecule has 1 amide bonds. The summed E-state index contributed by atoms with van der Waals surface area (Å²) in [7, 11) is -3.23. The highest BCUT2D eigenvalue weighted by Crippen LogP contribution is 2.45. The van der Waals surface area contributed by atoms with E-state index < -0.39 is 63.4 Å². The van der Waals surface area contributed by atoms with Crippen molar-refractivity contribution < 1.29 is 35.5 Å². The predicted octanol–water partition coefficient (Wildman–Crippen LogP) is 1.84. The van der Waals surface area contributed by atoms with Crippen LogP contribution in [0.5, 0.6) is 0 Å². The number of ether oxygens (including phenoxy) is 1. The number of fused-ring (bicyclic) bond motifs is 1. The molecule has 35 heavy (non-hydrogen) atoms. The molecule has 3 N–H and O–H groups in total. The molecule has 2 aliphatic heterocycles. The molecular weight excluding hydrogens is 496 g/mol. The lowest BCUT2D eigenvalue weighted by molar-refractivity contribution is 0.0743. The third kappa shape index (κ3) is 4.05. The van der Waals surface area contributed by atoms with Crippen LogP contribution in [0.2, 0.25) is 0 Å². The summed E-state index contributed by atoms with van der Waals surface area (Å²) in [4.78, 5) is 23.8. The summed E-state index contributed by atoms with van der Waals surface area (Å²) in [6.45, 7) is -1.22. The molecule has 0 unspecified atom stereocenters. The van der Waals surface area contributed by atoms with Gasteiger partial charge in [0.15, 0.2) is 5.25 Å². The van der Waals surface area contributed by atoms with Crippen molar-refractivity contribution in [2.24, 2.45) is 10.7 Å². The molecule has 0 saturated heterocycles. The van der Waals surface area contributed by atoms with E-state index >= 15 is 4.39 Å². The Labute approximate surface area is 196 Å². The van der Waals surface area contributed by atoms with Crippen molar-refractivity contribution >= 4 is 27.6 Å². The van der Waals surface area contributed by atoms with E-state index in [-0.39, 0.29) is 16.9 Å². The number of carbonyl (C=O) groups excluding carboxylic acids is 1. The Kier molecular flexibility index (Phi) is 6.12. The molecule has 3 atom stereocenters. The van der Waals surface area contributed by atoms with Gasteiger partial charge in [-0.3, -0.25) is 9.78 Å². The number of aliphatic imine (C=N–C) groups is 1. The summed E-state index contributed by atoms with van der Waals surface area (Å²) in [6, 6.07) is 3.24. The lowest BCUT2D eigenvalue weighted by Gasteiger charge is -2.45. The van der Waals surface area contributed by atoms with E-state index in [9.17, 15) is 26.4 Å². The van der Waals surface area contributed by atoms with Crippen molar-refractivity contribution in [3.8, 4) is 0 Å². The second kappa shape index (κ2) is 8.79. The number of hydrogen-bond acceptors (Lipinski definition) is 8. The Morgan fingerprint density at radius 1 is 1.31 bits per heavy atom. The van der Waals surface area contributed by atoms with E-state index in [0.717, 1.165) is 43.9 Å². The van der Waals surface area contributed by atoms with Crippen LogP contribution in [0, 0.1) is 5.82 Å². The summed E-state index contributed by atoms with van der Waals surface area (Å²) in [6.07, 6.45) is -0.638. The predicted molar refractivity (Wildman–Crippen MR) is 115 cm³/mol. The number of guanidine groups is 1. The molecule has 1 aromatic heterocycles. The molecule has 1 aromatic carbocycles. The lowest BCUT2D eigenvalue weighted by atomic mass is 9.82. The van der Waals surface area contributed by atoms with E-state index in [2.05, 4.69) is 20.3 Å². The van der Waals surface area contributed by atoms with Gasteiger partial charge in [-0.05, 0) is 24.3 Å². The Morgan fingerprint density at radius 3 is 2.69 bits per heavy atom. The number of amides is 1. The minimum atomic E-state index is -4.36. The normalized spacial score (nSPS) is 25.0. The summed E-state index contributed by atoms with van der Waals surface area (Å²) in [5.41, 5.74) is 2.55. The van der Waals surface area contributed by atoms with Crippen LogP contribution in [0.4, 0.5) is 23.2 Å². The number of alkyl halides is 3. The molecule has 2 aliphatic rings. The summed E-state index contributed by atoms with van der Waals surface area (Å²) < 4.78 is 86.4. The number of benzene rings is 1. The molecule has 0 aliphatic carbocycles. The van der Waals surface area contributed by atoms with Crippen molar-refractivity contribution in [2.75, 3.05) is 19.0 Å². The van der Waals surface area contributed by atoms with Crippen LogP contribution in [0.25, 0.3) is 0 Å². The van der Waals surface area contributed by atoms with E-state index in [4.69, 9.17) is 10.5 Å². The summed E-state index contributed by atoms with van der Waals surface area (Å²) in [5, 5.41) is 0.695. The van der Waals surface area contributed by atoms with Crippen LogP contribution in [-0.4, -0.2) is 59.6 Å². The van der Waals surface area contributed by atoms with Gasteiger partial charge in [0.05, 0.1) is 18.7 Å². The zero-order valence-electron chi connectivity index (χ0n) is 17.9. The van der Waals surface area contributed by atoms with E-state index in [1.54, 1.807) is 0 Å². The maximum Gasteiger partial charge on any atom is 0.281 e. The number of aromatic nitrogens is 2. The van der Waals surface area contributed by atoms with Gasteiger partial charge < -0.3 is 15.8 Å². The summed E-state index contributed by atoms with van der Waals surface area (Å²) in [5.74, 6) is -2.23. The van der Waals surface area contributed by atoms with Crippen molar-refractivity contribution in [3.63, 3.8) is 0 Å². The molecule has 10 nitrogen and oxygen atoms in total. The molecule has 0 saturated carbocycles. The van der Waals surface area contributed by atoms with Gasteiger partial charge in [-0.2, -0.15) is 0 Å². The van der Waals surface area contributed by atoms with Gasteiger partial charge in [0.1, 0.15) is 35.5 Å². The van der Waals surface area contributed by atoms with E-state index in [0.29, 0.717) is 4.31 Å². The number of rotatable bonds is 5. The highest BCUT2D eigenvalue weighted by Gasteiger charge is 2.59. The number of nitrogens with two attached hydrogens (primary N) is 1. The largest absolute Gasteiger partial charge is 0.494 e. The number of nitrogens with one attached hydrogen (secondary N) is 1. The number of nitrogens with zero attached hydrogens (tertiary/aromatic N) is 4. The Morgan fingerprint density at radius 2 is 2.06 bits per heavy atom. The fraction of sp³-hybridized carbons (Fsp3) is 0.300. The Hall–Kier alpha value is -3.75. The van der Waals surface area contributed by atoms with Crippen LogP contribution in [-0.2, 0) is 20.3 Å². The minimum absolute atomic E-state index is 0.0129. The average Bonchev–Trinajstić information content (AvgIpc) is 2.83. The van der Waals surface area contributed by atoms with Gasteiger partial charge in [-0.25, -0.2) is 40.3 Å². The quantitative estimate of drug-likeness (QED) is 0.581. The molecule has 3 heterocycles. The lowest BCUT2D eigenvalue weighted by Crippen LogP contribution is -2.62. The second-order valence-electron chi connectivity index (χ2n) is 7.64. The van der Waals surface area contributed by atoms with Gasteiger partial charge in [-0.15, -0.1) is 0 Å². The molecular formula is C20H18F4N6O4S. The number of anilines is 1. The van der Waals surface area contributed by atoms with Gasteiger partial charge in [-0.1, -0.05) is 0 Å². The fourth-order valence-corrected chi connectivity index (χ4v) is 5.74. The maximum absolute atomic E-state index is 15.1. The maximum atomic E-state index is 15.1. The number of halogens is 4. The molecule has 4 rings (SSSR count). The molecule has 0 fully saturated rings. The molecule has 0 bridgehead atoms. The monoisotopic (exact) mass is 514 g/mol. The molecule has 15 heteroatoms. The first-order valence-electron chi connectivity index (χ1n) is 9.95. The highest BCUT2D eigenvalue weighted by atomic mass is 32.2. The van der Waals surface area contributed by atoms with E-state index in [1.165, 1.54) is 6.07 Å². The first-order chi connectivity index (χ1) is 16.5. The first-order valence-corrected chi connectivity index (χ1v) is 11.4. The zero-order valence-corrected chi connectivity index (χ0v) is 18.7. The van der Waals surface area contributed by atoms with Crippen molar-refractivity contribution in [1.82, 2.24) is 14.3 Å². The fourth-order valence-electron chi connectivity index (χ4n) is 3.87. The van der Waals surface area contributed by atoms with Crippen molar-refractivity contribution in [3.05, 3.63) is 65.7 Å². The summed E-state index contributed by atoms with van der Waals surface area (Å²) >= 11 is 0. The van der Waals surface area contributed by atoms with Crippen LogP contribution >= 0.6 is 0 Å². The van der Waals surface area contributed by atoms with Crippen LogP contribution in [0.3, 0.4) is 0 Å². The molecule has 0 spiro atoms. The van der Waals surface area contributed by atoms with Gasteiger partial charge in [0.2, 0.25) is 16.0 Å². The first kappa shape index (κ1) is 24.4. The van der Waals surface area contributed by atoms with Crippen molar-refractivity contribution in [2.45, 2.75) is 23.3 Å². The van der Waals surface area contributed by atoms with Gasteiger partial charge >= 0.3 is 0 Å². The number of hydrogen-bond donors (Lipinski definition) is 2. The van der Waals surface area contributed by atoms with Crippen LogP contribution in [0.15, 0.2) is 47.9 Å². The minimum Gasteiger partial charge on any atom is -0.494 e. The SMILES string of the molecule is CN1C(N)=N[C@@]2(c3cc(NC(=O)c4cnc(C(F)F)cn4)ccc3F)C=CO[C@@H](CF)[C@H]2S1(=O)=O. The number of carbonyl (C=O) groups is 1. The third-order valence-electron chi connectivity index (χ3n) is 5.61. The Bertz CT molecular complexity index is 1320. The topological polar surface area (TPSA) is 140 Å². The molecule has 2 aromatic rings. The average molecular weight is 514 g/mol. The third-order valence-corrected chi connectivity index (χ3v) is 7.86. The smallest absolute Gasteiger partial charge is 0.281 e. The van der Waals surface area contributed by atoms with Crippen molar-refractivity contribution in [1.29, 1.82) is 0 Å². The van der Waals surface area contributed by atoms with Gasteiger partial charge in [0, 0.05) is 18.3 Å². The standard InChI is InChI=1S/C20H18F4N6O4S/c1-30-19(25)29-20(4-5-34-15(7-21)16(20)35(30,32)33)11-6-10(2-3-12(11)22)28-18(31)14-9-26-13(8-27-14)17(23)24/h2-6,8-9,15-17H,7H2,1H3,(H2,25,29)(H,28,31)/t15-,16+,20+/m0/s1. The zero-order chi connectivity index (χ0) is 25.5. The Balaban J connectivity index is 1.77. The molecule has 186 valence electrons. The van der Waals surface area contributed by atoms with E-state index in [1.807, 2.05) is 0 Å². The van der Waals surface area contributed by atoms with Gasteiger partial charge in [0.25, 0.3) is 12.3 Å². The highest BCUT2D eigenvalue weighted by molar-refractivity contribution is 7.90. The molecule has 0 radical (unpaired) electrons. The number of sulfonamides is 1. The van der Waals surface area contributed by atoms with Crippen LogP contribution in [0.1, 0.15) is 28.2 Å². The second-order valence-corrected chi connectivity index (χ2v) is 9.72. The van der Waals surface area contributed by atoms with Crippen LogP contribution < -0.4 is 11.1 Å².